The van der Waals surface area contributed by atoms with E-state index in [0.29, 0.717) is 12.1 Å². The average molecular weight is 320 g/mol. The van der Waals surface area contributed by atoms with E-state index in [1.54, 1.807) is 0 Å². The van der Waals surface area contributed by atoms with Gasteiger partial charge in [0.1, 0.15) is 5.82 Å². The number of ether oxygens (including phenoxy) is 1. The maximum atomic E-state index is 13.0. The van der Waals surface area contributed by atoms with Crippen LogP contribution < -0.4 is 5.32 Å². The first kappa shape index (κ1) is 16.4. The van der Waals surface area contributed by atoms with Crippen LogP contribution in [-0.4, -0.2) is 49.2 Å². The third-order valence-corrected chi connectivity index (χ3v) is 5.13. The number of hydrogen-bond acceptors (Lipinski definition) is 3. The van der Waals surface area contributed by atoms with Gasteiger partial charge < -0.3 is 10.1 Å². The Bertz CT molecular complexity index is 520. The molecule has 2 aliphatic heterocycles. The minimum Gasteiger partial charge on any atom is -0.381 e. The summed E-state index contributed by atoms with van der Waals surface area (Å²) in [5, 5.41) is 3.07. The van der Waals surface area contributed by atoms with Gasteiger partial charge in [0, 0.05) is 30.9 Å². The summed E-state index contributed by atoms with van der Waals surface area (Å²) in [6, 6.07) is 5.71. The minimum absolute atomic E-state index is 0.00829. The van der Waals surface area contributed by atoms with Crippen LogP contribution in [0.3, 0.4) is 0 Å². The fourth-order valence-corrected chi connectivity index (χ4v) is 3.67. The topological polar surface area (TPSA) is 41.6 Å². The van der Waals surface area contributed by atoms with Crippen molar-refractivity contribution in [3.63, 3.8) is 0 Å². The molecule has 0 bridgehead atoms. The zero-order valence-electron chi connectivity index (χ0n) is 13.5. The van der Waals surface area contributed by atoms with Crippen LogP contribution in [0.4, 0.5) is 4.39 Å². The number of piperidine rings is 1. The molecule has 0 spiro atoms. The number of rotatable bonds is 4. The van der Waals surface area contributed by atoms with Gasteiger partial charge in [0.25, 0.3) is 5.91 Å². The molecule has 2 heterocycles. The molecule has 1 aromatic rings. The highest BCUT2D eigenvalue weighted by Crippen LogP contribution is 2.30. The zero-order valence-corrected chi connectivity index (χ0v) is 13.5. The maximum Gasteiger partial charge on any atom is 0.251 e. The van der Waals surface area contributed by atoms with Crippen LogP contribution in [0.1, 0.15) is 42.5 Å². The molecule has 23 heavy (non-hydrogen) atoms. The molecule has 0 saturated carbocycles. The van der Waals surface area contributed by atoms with Gasteiger partial charge in [0.15, 0.2) is 0 Å². The van der Waals surface area contributed by atoms with E-state index in [4.69, 9.17) is 4.74 Å². The number of carbonyl (C=O) groups is 1. The van der Waals surface area contributed by atoms with Crippen LogP contribution in [0.15, 0.2) is 24.3 Å². The largest absolute Gasteiger partial charge is 0.381 e. The molecule has 1 amide bonds. The normalized spacial score (nSPS) is 21.8. The van der Waals surface area contributed by atoms with Gasteiger partial charge in [-0.15, -0.1) is 0 Å². The summed E-state index contributed by atoms with van der Waals surface area (Å²) in [6.07, 6.45) is 5.67. The van der Waals surface area contributed by atoms with Gasteiger partial charge in [-0.1, -0.05) is 6.42 Å². The Kier molecular flexibility index (Phi) is 5.28. The van der Waals surface area contributed by atoms with Crippen LogP contribution in [0.25, 0.3) is 0 Å². The van der Waals surface area contributed by atoms with E-state index < -0.39 is 0 Å². The zero-order chi connectivity index (χ0) is 16.1. The minimum atomic E-state index is -0.323. The van der Waals surface area contributed by atoms with E-state index in [1.807, 2.05) is 0 Å². The summed E-state index contributed by atoms with van der Waals surface area (Å²) in [7, 11) is 0. The van der Waals surface area contributed by atoms with Gasteiger partial charge >= 0.3 is 0 Å². The Morgan fingerprint density at radius 3 is 2.43 bits per heavy atom. The molecular formula is C18H25FN2O2. The lowest BCUT2D eigenvalue weighted by Crippen LogP contribution is -2.59. The van der Waals surface area contributed by atoms with Crippen LogP contribution in [0.2, 0.25) is 0 Å². The van der Waals surface area contributed by atoms with Crippen LogP contribution in [-0.2, 0) is 4.74 Å². The monoisotopic (exact) mass is 320 g/mol. The second-order valence-corrected chi connectivity index (χ2v) is 6.57. The fourth-order valence-electron chi connectivity index (χ4n) is 3.67. The van der Waals surface area contributed by atoms with Crippen LogP contribution in [0, 0.1) is 5.82 Å². The Balaban J connectivity index is 1.66. The summed E-state index contributed by atoms with van der Waals surface area (Å²) in [5.74, 6) is -0.455. The molecule has 0 radical (unpaired) electrons. The van der Waals surface area contributed by atoms with E-state index in [0.717, 1.165) is 39.1 Å². The second-order valence-electron chi connectivity index (χ2n) is 6.57. The number of halogens is 1. The molecule has 3 rings (SSSR count). The standard InChI is InChI=1S/C18H25FN2O2/c19-16-6-4-15(5-7-16)17(22)20-14-18(8-12-23-13-9-18)21-10-2-1-3-11-21/h4-7H,1-3,8-14H2,(H,20,22). The molecule has 5 heteroatoms. The summed E-state index contributed by atoms with van der Waals surface area (Å²) in [4.78, 5) is 14.9. The number of likely N-dealkylation sites (tertiary alicyclic amines) is 1. The predicted octanol–water partition coefficient (Wildman–Crippen LogP) is 2.59. The van der Waals surface area contributed by atoms with Crippen molar-refractivity contribution in [2.75, 3.05) is 32.8 Å². The molecule has 0 unspecified atom stereocenters. The molecule has 2 aliphatic rings. The molecule has 4 nitrogen and oxygen atoms in total. The number of amides is 1. The number of nitrogens with zero attached hydrogens (tertiary/aromatic N) is 1. The van der Waals surface area contributed by atoms with Gasteiger partial charge in [0.2, 0.25) is 0 Å². The Hall–Kier alpha value is -1.46. The van der Waals surface area contributed by atoms with Gasteiger partial charge in [-0.2, -0.15) is 0 Å². The summed E-state index contributed by atoms with van der Waals surface area (Å²) >= 11 is 0. The van der Waals surface area contributed by atoms with Gasteiger partial charge in [0.05, 0.1) is 0 Å². The Morgan fingerprint density at radius 1 is 1.13 bits per heavy atom. The average Bonchev–Trinajstić information content (AvgIpc) is 2.62. The summed E-state index contributed by atoms with van der Waals surface area (Å²) in [6.45, 7) is 4.34. The number of carbonyl (C=O) groups excluding carboxylic acids is 1. The smallest absolute Gasteiger partial charge is 0.251 e. The van der Waals surface area contributed by atoms with E-state index in [9.17, 15) is 9.18 Å². The van der Waals surface area contributed by atoms with Crippen molar-refractivity contribution < 1.29 is 13.9 Å². The van der Waals surface area contributed by atoms with E-state index in [1.165, 1.54) is 43.5 Å². The van der Waals surface area contributed by atoms with Gasteiger partial charge in [-0.25, -0.2) is 4.39 Å². The first-order valence-electron chi connectivity index (χ1n) is 8.56. The van der Waals surface area contributed by atoms with Gasteiger partial charge in [-0.3, -0.25) is 9.69 Å². The number of nitrogens with one attached hydrogen (secondary N) is 1. The first-order valence-corrected chi connectivity index (χ1v) is 8.56. The molecule has 0 aromatic heterocycles. The number of hydrogen-bond donors (Lipinski definition) is 1. The van der Waals surface area contributed by atoms with Crippen LogP contribution >= 0.6 is 0 Å². The number of benzene rings is 1. The highest BCUT2D eigenvalue weighted by molar-refractivity contribution is 5.94. The molecule has 1 aromatic carbocycles. The highest BCUT2D eigenvalue weighted by Gasteiger charge is 2.39. The SMILES string of the molecule is O=C(NCC1(N2CCCCC2)CCOCC1)c1ccc(F)cc1. The Labute approximate surface area is 137 Å². The van der Waals surface area contributed by atoms with Crippen molar-refractivity contribution in [2.45, 2.75) is 37.6 Å². The van der Waals surface area contributed by atoms with Crippen molar-refractivity contribution in [2.24, 2.45) is 0 Å². The molecule has 126 valence electrons. The first-order chi connectivity index (χ1) is 11.2. The molecule has 0 atom stereocenters. The van der Waals surface area contributed by atoms with Crippen molar-refractivity contribution in [1.29, 1.82) is 0 Å². The van der Waals surface area contributed by atoms with E-state index >= 15 is 0 Å². The highest BCUT2D eigenvalue weighted by atomic mass is 19.1. The molecule has 1 N–H and O–H groups in total. The second kappa shape index (κ2) is 7.41. The Morgan fingerprint density at radius 2 is 1.78 bits per heavy atom. The third-order valence-electron chi connectivity index (χ3n) is 5.13. The van der Waals surface area contributed by atoms with Crippen molar-refractivity contribution in [3.8, 4) is 0 Å². The van der Waals surface area contributed by atoms with E-state index in [-0.39, 0.29) is 17.3 Å². The lowest BCUT2D eigenvalue weighted by molar-refractivity contribution is -0.0349. The van der Waals surface area contributed by atoms with E-state index in [2.05, 4.69) is 10.2 Å². The quantitative estimate of drug-likeness (QED) is 0.927. The molecular weight excluding hydrogens is 295 g/mol. The summed E-state index contributed by atoms with van der Waals surface area (Å²) < 4.78 is 18.5. The fraction of sp³-hybridized carbons (Fsp3) is 0.611. The van der Waals surface area contributed by atoms with Crippen molar-refractivity contribution in [1.82, 2.24) is 10.2 Å². The van der Waals surface area contributed by atoms with Crippen LogP contribution in [0.5, 0.6) is 0 Å². The molecule has 2 fully saturated rings. The molecule has 2 saturated heterocycles. The van der Waals surface area contributed by atoms with Crippen molar-refractivity contribution in [3.05, 3.63) is 35.6 Å². The predicted molar refractivity (Wildman–Crippen MR) is 86.9 cm³/mol. The van der Waals surface area contributed by atoms with Crippen molar-refractivity contribution >= 4 is 5.91 Å². The van der Waals surface area contributed by atoms with Gasteiger partial charge in [-0.05, 0) is 63.0 Å². The third kappa shape index (κ3) is 3.90. The lowest BCUT2D eigenvalue weighted by atomic mass is 9.86. The maximum absolute atomic E-state index is 13.0. The lowest BCUT2D eigenvalue weighted by Gasteiger charge is -2.48. The summed E-state index contributed by atoms with van der Waals surface area (Å²) in [5.41, 5.74) is 0.515. The molecule has 0 aliphatic carbocycles.